The third-order valence-corrected chi connectivity index (χ3v) is 3.11. The summed E-state index contributed by atoms with van der Waals surface area (Å²) in [6, 6.07) is 0. The van der Waals surface area contributed by atoms with Gasteiger partial charge < -0.3 is 4.90 Å². The van der Waals surface area contributed by atoms with Gasteiger partial charge in [0.15, 0.2) is 0 Å². The van der Waals surface area contributed by atoms with E-state index in [4.69, 9.17) is 0 Å². The summed E-state index contributed by atoms with van der Waals surface area (Å²) in [4.78, 5) is 2.58. The molecular formula is C12H23N. The molecule has 0 unspecified atom stereocenters. The highest BCUT2D eigenvalue weighted by Crippen LogP contribution is 2.31. The van der Waals surface area contributed by atoms with Crippen molar-refractivity contribution >= 4 is 0 Å². The summed E-state index contributed by atoms with van der Waals surface area (Å²) in [5.41, 5.74) is 0.410. The average molecular weight is 181 g/mol. The normalized spacial score (nSPS) is 23.4. The number of hydrogen-bond acceptors (Lipinski definition) is 1. The molecule has 1 fully saturated rings. The van der Waals surface area contributed by atoms with E-state index in [-0.39, 0.29) is 0 Å². The zero-order valence-electron chi connectivity index (χ0n) is 9.34. The molecule has 0 amide bonds. The van der Waals surface area contributed by atoms with E-state index in [2.05, 4.69) is 38.3 Å². The van der Waals surface area contributed by atoms with Crippen LogP contribution in [0.3, 0.4) is 0 Å². The SMILES string of the molecule is C=CC1(C)CCN(CC(C)C)CC1. The van der Waals surface area contributed by atoms with Crippen LogP contribution in [0.15, 0.2) is 12.7 Å². The molecule has 13 heavy (non-hydrogen) atoms. The van der Waals surface area contributed by atoms with Crippen LogP contribution in [0.5, 0.6) is 0 Å². The van der Waals surface area contributed by atoms with Crippen molar-refractivity contribution in [3.05, 3.63) is 12.7 Å². The van der Waals surface area contributed by atoms with Gasteiger partial charge in [0.25, 0.3) is 0 Å². The molecular weight excluding hydrogens is 158 g/mol. The van der Waals surface area contributed by atoms with Gasteiger partial charge in [-0.3, -0.25) is 0 Å². The van der Waals surface area contributed by atoms with Gasteiger partial charge >= 0.3 is 0 Å². The predicted molar refractivity (Wildman–Crippen MR) is 58.8 cm³/mol. The largest absolute Gasteiger partial charge is 0.303 e. The van der Waals surface area contributed by atoms with Gasteiger partial charge in [0, 0.05) is 6.54 Å². The minimum Gasteiger partial charge on any atom is -0.303 e. The molecule has 0 aliphatic carbocycles. The fraction of sp³-hybridized carbons (Fsp3) is 0.833. The van der Waals surface area contributed by atoms with E-state index in [1.54, 1.807) is 0 Å². The number of allylic oxidation sites excluding steroid dienone is 1. The second-order valence-electron chi connectivity index (χ2n) is 5.05. The highest BCUT2D eigenvalue weighted by molar-refractivity contribution is 4.95. The molecule has 0 atom stereocenters. The Balaban J connectivity index is 2.34. The Morgan fingerprint density at radius 2 is 1.92 bits per heavy atom. The molecule has 1 rings (SSSR count). The third kappa shape index (κ3) is 3.15. The van der Waals surface area contributed by atoms with E-state index in [0.717, 1.165) is 5.92 Å². The Labute approximate surface area is 82.8 Å². The summed E-state index contributed by atoms with van der Waals surface area (Å²) in [5.74, 6) is 0.799. The molecule has 0 N–H and O–H groups in total. The van der Waals surface area contributed by atoms with Gasteiger partial charge in [-0.2, -0.15) is 0 Å². The van der Waals surface area contributed by atoms with Gasteiger partial charge in [-0.05, 0) is 37.3 Å². The van der Waals surface area contributed by atoms with E-state index >= 15 is 0 Å². The van der Waals surface area contributed by atoms with E-state index in [0.29, 0.717) is 5.41 Å². The van der Waals surface area contributed by atoms with E-state index in [1.165, 1.54) is 32.5 Å². The average Bonchev–Trinajstić information content (AvgIpc) is 2.09. The van der Waals surface area contributed by atoms with Crippen molar-refractivity contribution in [2.45, 2.75) is 33.6 Å². The number of nitrogens with zero attached hydrogens (tertiary/aromatic N) is 1. The van der Waals surface area contributed by atoms with Crippen LogP contribution in [-0.4, -0.2) is 24.5 Å². The van der Waals surface area contributed by atoms with E-state index in [9.17, 15) is 0 Å². The van der Waals surface area contributed by atoms with Crippen molar-refractivity contribution in [3.63, 3.8) is 0 Å². The number of hydrogen-bond donors (Lipinski definition) is 0. The zero-order chi connectivity index (χ0) is 9.90. The number of likely N-dealkylation sites (tertiary alicyclic amines) is 1. The first-order valence-electron chi connectivity index (χ1n) is 5.42. The lowest BCUT2D eigenvalue weighted by Gasteiger charge is -2.38. The Morgan fingerprint density at radius 1 is 1.38 bits per heavy atom. The highest BCUT2D eigenvalue weighted by Gasteiger charge is 2.26. The quantitative estimate of drug-likeness (QED) is 0.605. The van der Waals surface area contributed by atoms with Crippen LogP contribution in [-0.2, 0) is 0 Å². The van der Waals surface area contributed by atoms with Crippen molar-refractivity contribution in [2.75, 3.05) is 19.6 Å². The summed E-state index contributed by atoms with van der Waals surface area (Å²) < 4.78 is 0. The first kappa shape index (κ1) is 10.8. The van der Waals surface area contributed by atoms with Crippen LogP contribution in [0, 0.1) is 11.3 Å². The van der Waals surface area contributed by atoms with Crippen LogP contribution in [0.4, 0.5) is 0 Å². The fourth-order valence-corrected chi connectivity index (χ4v) is 1.97. The summed E-state index contributed by atoms with van der Waals surface area (Å²) in [6.07, 6.45) is 4.70. The third-order valence-electron chi connectivity index (χ3n) is 3.11. The molecule has 1 aliphatic rings. The molecule has 0 saturated carbocycles. The second-order valence-corrected chi connectivity index (χ2v) is 5.05. The van der Waals surface area contributed by atoms with Crippen molar-refractivity contribution in [2.24, 2.45) is 11.3 Å². The highest BCUT2D eigenvalue weighted by atomic mass is 15.1. The van der Waals surface area contributed by atoms with Crippen LogP contribution in [0.2, 0.25) is 0 Å². The van der Waals surface area contributed by atoms with Crippen molar-refractivity contribution < 1.29 is 0 Å². The molecule has 0 aromatic rings. The lowest BCUT2D eigenvalue weighted by Crippen LogP contribution is -2.39. The maximum Gasteiger partial charge on any atom is 0.000439 e. The Bertz CT molecular complexity index is 164. The predicted octanol–water partition coefficient (Wildman–Crippen LogP) is 2.93. The molecule has 1 saturated heterocycles. The number of rotatable bonds is 3. The Hall–Kier alpha value is -0.300. The summed E-state index contributed by atoms with van der Waals surface area (Å²) >= 11 is 0. The van der Waals surface area contributed by atoms with Crippen LogP contribution in [0.25, 0.3) is 0 Å². The second kappa shape index (κ2) is 4.28. The summed E-state index contributed by atoms with van der Waals surface area (Å²) in [7, 11) is 0. The molecule has 0 aromatic heterocycles. The van der Waals surface area contributed by atoms with Crippen molar-refractivity contribution in [1.82, 2.24) is 4.90 Å². The van der Waals surface area contributed by atoms with Crippen molar-refractivity contribution in [1.29, 1.82) is 0 Å². The zero-order valence-corrected chi connectivity index (χ0v) is 9.34. The van der Waals surface area contributed by atoms with E-state index < -0.39 is 0 Å². The monoisotopic (exact) mass is 181 g/mol. The van der Waals surface area contributed by atoms with E-state index in [1.807, 2.05) is 0 Å². The standard InChI is InChI=1S/C12H23N/c1-5-12(4)6-8-13(9-7-12)10-11(2)3/h5,11H,1,6-10H2,2-4H3. The smallest absolute Gasteiger partial charge is 0.000439 e. The van der Waals surface area contributed by atoms with Gasteiger partial charge in [-0.1, -0.05) is 26.8 Å². The molecule has 76 valence electrons. The van der Waals surface area contributed by atoms with Gasteiger partial charge in [0.1, 0.15) is 0 Å². The summed E-state index contributed by atoms with van der Waals surface area (Å²) in [5, 5.41) is 0. The lowest BCUT2D eigenvalue weighted by atomic mass is 9.80. The van der Waals surface area contributed by atoms with Gasteiger partial charge in [0.2, 0.25) is 0 Å². The van der Waals surface area contributed by atoms with Gasteiger partial charge in [0.05, 0.1) is 0 Å². The molecule has 1 nitrogen and oxygen atoms in total. The number of piperidine rings is 1. The van der Waals surface area contributed by atoms with Crippen molar-refractivity contribution in [3.8, 4) is 0 Å². The first-order valence-corrected chi connectivity index (χ1v) is 5.42. The topological polar surface area (TPSA) is 3.24 Å². The molecule has 0 bridgehead atoms. The maximum absolute atomic E-state index is 3.92. The maximum atomic E-state index is 3.92. The summed E-state index contributed by atoms with van der Waals surface area (Å²) in [6.45, 7) is 14.6. The molecule has 1 heterocycles. The molecule has 0 spiro atoms. The van der Waals surface area contributed by atoms with Gasteiger partial charge in [-0.15, -0.1) is 6.58 Å². The Kier molecular flexibility index (Phi) is 3.55. The molecule has 1 heteroatoms. The van der Waals surface area contributed by atoms with Gasteiger partial charge in [-0.25, -0.2) is 0 Å². The van der Waals surface area contributed by atoms with Crippen LogP contribution < -0.4 is 0 Å². The Morgan fingerprint density at radius 3 is 2.31 bits per heavy atom. The minimum atomic E-state index is 0.410. The minimum absolute atomic E-state index is 0.410. The molecule has 1 aliphatic heterocycles. The molecule has 0 aromatic carbocycles. The fourth-order valence-electron chi connectivity index (χ4n) is 1.97. The van der Waals surface area contributed by atoms with Crippen LogP contribution >= 0.6 is 0 Å². The molecule has 0 radical (unpaired) electrons. The first-order chi connectivity index (χ1) is 6.06. The lowest BCUT2D eigenvalue weighted by molar-refractivity contribution is 0.139. The van der Waals surface area contributed by atoms with Crippen LogP contribution in [0.1, 0.15) is 33.6 Å².